The van der Waals surface area contributed by atoms with Crippen LogP contribution < -0.4 is 0 Å². The number of hydrogen-bond donors (Lipinski definition) is 0. The van der Waals surface area contributed by atoms with Crippen molar-refractivity contribution in [1.82, 2.24) is 9.55 Å². The Morgan fingerprint density at radius 3 is 2.70 bits per heavy atom. The summed E-state index contributed by atoms with van der Waals surface area (Å²) >= 11 is 0. The Bertz CT molecular complexity index is 220. The van der Waals surface area contributed by atoms with Crippen LogP contribution in [-0.2, 0) is 0 Å². The predicted molar refractivity (Wildman–Crippen MR) is 28.9 cm³/mol. The molecule has 0 aliphatic heterocycles. The van der Waals surface area contributed by atoms with Crippen molar-refractivity contribution in [3.8, 4) is 0 Å². The van der Waals surface area contributed by atoms with Crippen LogP contribution in [0.15, 0.2) is 18.7 Å². The lowest BCUT2D eigenvalue weighted by atomic mass is 10.6. The number of carbonyl (C=O) groups excluding carboxylic acids is 1. The summed E-state index contributed by atoms with van der Waals surface area (Å²) in [7, 11) is 0. The predicted octanol–water partition coefficient (Wildman–Crippen LogP) is 0.788. The minimum atomic E-state index is -2.96. The molecule has 1 rings (SSSR count). The Labute approximate surface area is 55.3 Å². The third-order valence-electron chi connectivity index (χ3n) is 0.946. The highest BCUT2D eigenvalue weighted by Crippen LogP contribution is 1.97. The second-order valence-corrected chi connectivity index (χ2v) is 1.61. The SMILES string of the molecule is O=C(C(F)F)n1ccnc1. The third kappa shape index (κ3) is 1.18. The molecule has 0 saturated heterocycles. The minimum absolute atomic E-state index is 0.741. The zero-order chi connectivity index (χ0) is 7.56. The van der Waals surface area contributed by atoms with Gasteiger partial charge in [0.05, 0.1) is 0 Å². The van der Waals surface area contributed by atoms with Gasteiger partial charge in [-0.1, -0.05) is 0 Å². The zero-order valence-electron chi connectivity index (χ0n) is 4.87. The van der Waals surface area contributed by atoms with E-state index in [-0.39, 0.29) is 0 Å². The molecule has 0 amide bonds. The van der Waals surface area contributed by atoms with Gasteiger partial charge in [-0.2, -0.15) is 8.78 Å². The van der Waals surface area contributed by atoms with Gasteiger partial charge >= 0.3 is 6.43 Å². The molecule has 0 bridgehead atoms. The fourth-order valence-corrected chi connectivity index (χ4v) is 0.502. The van der Waals surface area contributed by atoms with Gasteiger partial charge in [0.25, 0.3) is 5.91 Å². The van der Waals surface area contributed by atoms with E-state index in [4.69, 9.17) is 0 Å². The topological polar surface area (TPSA) is 34.9 Å². The number of hydrogen-bond acceptors (Lipinski definition) is 2. The van der Waals surface area contributed by atoms with Crippen molar-refractivity contribution in [3.63, 3.8) is 0 Å². The largest absolute Gasteiger partial charge is 0.316 e. The van der Waals surface area contributed by atoms with E-state index in [2.05, 4.69) is 4.98 Å². The van der Waals surface area contributed by atoms with Crippen LogP contribution in [0.25, 0.3) is 0 Å². The fourth-order valence-electron chi connectivity index (χ4n) is 0.502. The summed E-state index contributed by atoms with van der Waals surface area (Å²) < 4.78 is 23.9. The van der Waals surface area contributed by atoms with Crippen molar-refractivity contribution in [1.29, 1.82) is 0 Å². The molecule has 1 aromatic rings. The maximum absolute atomic E-state index is 11.6. The molecule has 0 N–H and O–H groups in total. The number of carbonyl (C=O) groups is 1. The van der Waals surface area contributed by atoms with Crippen molar-refractivity contribution >= 4 is 5.91 Å². The van der Waals surface area contributed by atoms with E-state index in [0.717, 1.165) is 10.9 Å². The highest BCUT2D eigenvalue weighted by Gasteiger charge is 2.15. The minimum Gasteiger partial charge on any atom is -0.271 e. The van der Waals surface area contributed by atoms with E-state index in [1.165, 1.54) is 12.4 Å². The fraction of sp³-hybridized carbons (Fsp3) is 0.200. The molecular weight excluding hydrogens is 142 g/mol. The van der Waals surface area contributed by atoms with E-state index in [1.807, 2.05) is 0 Å². The summed E-state index contributed by atoms with van der Waals surface area (Å²) in [5.74, 6) is -1.25. The molecule has 0 unspecified atom stereocenters. The molecule has 0 saturated carbocycles. The number of imidazole rings is 1. The zero-order valence-corrected chi connectivity index (χ0v) is 4.87. The van der Waals surface area contributed by atoms with Crippen LogP contribution in [-0.4, -0.2) is 21.9 Å². The molecule has 1 heterocycles. The summed E-state index contributed by atoms with van der Waals surface area (Å²) in [5.41, 5.74) is 0. The van der Waals surface area contributed by atoms with Gasteiger partial charge in [0.1, 0.15) is 6.33 Å². The van der Waals surface area contributed by atoms with Gasteiger partial charge in [0.15, 0.2) is 0 Å². The molecule has 54 valence electrons. The number of nitrogens with zero attached hydrogens (tertiary/aromatic N) is 2. The van der Waals surface area contributed by atoms with Gasteiger partial charge in [0, 0.05) is 12.4 Å². The molecular formula is C5H4F2N2O. The van der Waals surface area contributed by atoms with Crippen LogP contribution in [0.5, 0.6) is 0 Å². The van der Waals surface area contributed by atoms with Gasteiger partial charge in [-0.05, 0) is 0 Å². The number of rotatable bonds is 1. The standard InChI is InChI=1S/C5H4F2N2O/c6-4(7)5(10)9-2-1-8-3-9/h1-4H. The van der Waals surface area contributed by atoms with Crippen LogP contribution in [0, 0.1) is 0 Å². The summed E-state index contributed by atoms with van der Waals surface area (Å²) in [5, 5.41) is 0. The van der Waals surface area contributed by atoms with Crippen molar-refractivity contribution in [2.75, 3.05) is 0 Å². The first-order valence-electron chi connectivity index (χ1n) is 2.52. The van der Waals surface area contributed by atoms with Gasteiger partial charge in [-0.25, -0.2) is 4.98 Å². The monoisotopic (exact) mass is 146 g/mol. The Hall–Kier alpha value is -1.26. The van der Waals surface area contributed by atoms with Crippen LogP contribution in [0.2, 0.25) is 0 Å². The first kappa shape index (κ1) is 6.85. The molecule has 0 atom stereocenters. The van der Waals surface area contributed by atoms with E-state index < -0.39 is 12.3 Å². The Morgan fingerprint density at radius 1 is 1.60 bits per heavy atom. The first-order chi connectivity index (χ1) is 4.72. The summed E-state index contributed by atoms with van der Waals surface area (Å²) in [6.07, 6.45) is 0.512. The lowest BCUT2D eigenvalue weighted by Gasteiger charge is -1.95. The molecule has 0 radical (unpaired) electrons. The number of aromatic nitrogens is 2. The van der Waals surface area contributed by atoms with Gasteiger partial charge in [0.2, 0.25) is 0 Å². The van der Waals surface area contributed by atoms with Gasteiger partial charge in [-0.3, -0.25) is 9.36 Å². The van der Waals surface area contributed by atoms with Crippen molar-refractivity contribution in [2.24, 2.45) is 0 Å². The summed E-state index contributed by atoms with van der Waals surface area (Å²) in [6.45, 7) is 0. The van der Waals surface area contributed by atoms with E-state index in [0.29, 0.717) is 0 Å². The van der Waals surface area contributed by atoms with Crippen molar-refractivity contribution < 1.29 is 13.6 Å². The highest BCUT2D eigenvalue weighted by molar-refractivity contribution is 5.81. The normalized spacial score (nSPS) is 10.3. The number of alkyl halides is 2. The Kier molecular flexibility index (Phi) is 1.75. The van der Waals surface area contributed by atoms with Crippen LogP contribution in [0.4, 0.5) is 8.78 Å². The van der Waals surface area contributed by atoms with E-state index in [1.54, 1.807) is 0 Å². The maximum atomic E-state index is 11.6. The molecule has 5 heteroatoms. The molecule has 10 heavy (non-hydrogen) atoms. The molecule has 3 nitrogen and oxygen atoms in total. The lowest BCUT2D eigenvalue weighted by Crippen LogP contribution is -2.17. The molecule has 0 aliphatic carbocycles. The van der Waals surface area contributed by atoms with E-state index in [9.17, 15) is 13.6 Å². The maximum Gasteiger partial charge on any atom is 0.316 e. The summed E-state index contributed by atoms with van der Waals surface area (Å²) in [4.78, 5) is 13.8. The second-order valence-electron chi connectivity index (χ2n) is 1.61. The summed E-state index contributed by atoms with van der Waals surface area (Å²) in [6, 6.07) is 0. The molecule has 0 aromatic carbocycles. The van der Waals surface area contributed by atoms with Crippen LogP contribution >= 0.6 is 0 Å². The van der Waals surface area contributed by atoms with Gasteiger partial charge < -0.3 is 0 Å². The number of halogens is 2. The molecule has 0 fully saturated rings. The molecule has 0 spiro atoms. The second kappa shape index (κ2) is 2.55. The highest BCUT2D eigenvalue weighted by atomic mass is 19.3. The van der Waals surface area contributed by atoms with Gasteiger partial charge in [-0.15, -0.1) is 0 Å². The average Bonchev–Trinajstić information content (AvgIpc) is 2.36. The third-order valence-corrected chi connectivity index (χ3v) is 0.946. The first-order valence-corrected chi connectivity index (χ1v) is 2.52. The van der Waals surface area contributed by atoms with Crippen molar-refractivity contribution in [2.45, 2.75) is 6.43 Å². The quantitative estimate of drug-likeness (QED) is 0.587. The van der Waals surface area contributed by atoms with Crippen LogP contribution in [0.1, 0.15) is 4.79 Å². The van der Waals surface area contributed by atoms with E-state index >= 15 is 0 Å². The molecule has 1 aromatic heterocycles. The Balaban J connectivity index is 2.78. The molecule has 0 aliphatic rings. The lowest BCUT2D eigenvalue weighted by molar-refractivity contribution is 0.0582. The smallest absolute Gasteiger partial charge is 0.271 e. The van der Waals surface area contributed by atoms with Crippen LogP contribution in [0.3, 0.4) is 0 Å². The van der Waals surface area contributed by atoms with Crippen molar-refractivity contribution in [3.05, 3.63) is 18.7 Å². The average molecular weight is 146 g/mol. The Morgan fingerprint density at radius 2 is 2.30 bits per heavy atom.